The predicted molar refractivity (Wildman–Crippen MR) is 101 cm³/mol. The van der Waals surface area contributed by atoms with Crippen molar-refractivity contribution in [2.24, 2.45) is 5.92 Å². The van der Waals surface area contributed by atoms with Gasteiger partial charge in [-0.1, -0.05) is 42.5 Å². The van der Waals surface area contributed by atoms with E-state index in [0.717, 1.165) is 13.1 Å². The first-order chi connectivity index (χ1) is 12.6. The van der Waals surface area contributed by atoms with Crippen LogP contribution in [0.15, 0.2) is 54.6 Å². The van der Waals surface area contributed by atoms with E-state index in [2.05, 4.69) is 17.1 Å². The maximum absolute atomic E-state index is 12.7. The molecule has 0 aromatic heterocycles. The molecule has 4 heteroatoms. The molecule has 2 unspecified atom stereocenters. The van der Waals surface area contributed by atoms with Gasteiger partial charge in [0, 0.05) is 28.8 Å². The second-order valence-electron chi connectivity index (χ2n) is 7.39. The summed E-state index contributed by atoms with van der Waals surface area (Å²) in [4.78, 5) is 27.6. The smallest absolute Gasteiger partial charge is 0.251 e. The molecule has 26 heavy (non-hydrogen) atoms. The summed E-state index contributed by atoms with van der Waals surface area (Å²) in [5, 5.41) is 3.23. The molecule has 2 bridgehead atoms. The zero-order chi connectivity index (χ0) is 18.1. The first kappa shape index (κ1) is 17.0. The molecule has 4 nitrogen and oxygen atoms in total. The molecule has 5 rings (SSSR count). The zero-order valence-electron chi connectivity index (χ0n) is 15.0. The molecule has 1 amide bonds. The van der Waals surface area contributed by atoms with Crippen molar-refractivity contribution in [2.45, 2.75) is 31.8 Å². The SMILES string of the molecule is CC1C(NC(=O)c2ccc(C(=O)c3ccccc3)cc2)C2CCN1CC2. The molecule has 0 spiro atoms. The highest BCUT2D eigenvalue weighted by molar-refractivity contribution is 6.09. The zero-order valence-corrected chi connectivity index (χ0v) is 15.0. The standard InChI is InChI=1S/C22H24N2O2/c1-15-20(16-11-13-24(15)14-12-16)23-22(26)19-9-7-18(8-10-19)21(25)17-5-3-2-4-6-17/h2-10,15-16,20H,11-14H2,1H3,(H,23,26). The predicted octanol–water partition coefficient (Wildman–Crippen LogP) is 3.13. The Morgan fingerprint density at radius 2 is 1.46 bits per heavy atom. The Kier molecular flexibility index (Phi) is 4.60. The topological polar surface area (TPSA) is 49.4 Å². The van der Waals surface area contributed by atoms with E-state index in [1.54, 1.807) is 36.4 Å². The van der Waals surface area contributed by atoms with Crippen molar-refractivity contribution in [3.05, 3.63) is 71.3 Å². The van der Waals surface area contributed by atoms with E-state index in [1.165, 1.54) is 12.8 Å². The van der Waals surface area contributed by atoms with Crippen molar-refractivity contribution in [1.29, 1.82) is 0 Å². The summed E-state index contributed by atoms with van der Waals surface area (Å²) < 4.78 is 0. The number of piperidine rings is 3. The first-order valence-corrected chi connectivity index (χ1v) is 9.38. The summed E-state index contributed by atoms with van der Waals surface area (Å²) in [6.07, 6.45) is 2.33. The number of hydrogen-bond acceptors (Lipinski definition) is 3. The minimum Gasteiger partial charge on any atom is -0.347 e. The number of benzene rings is 2. The van der Waals surface area contributed by atoms with E-state index in [4.69, 9.17) is 0 Å². The van der Waals surface area contributed by atoms with Crippen molar-refractivity contribution >= 4 is 11.7 Å². The molecule has 3 saturated heterocycles. The maximum atomic E-state index is 12.7. The first-order valence-electron chi connectivity index (χ1n) is 9.38. The molecule has 2 aromatic rings. The summed E-state index contributed by atoms with van der Waals surface area (Å²) in [6.45, 7) is 4.50. The highest BCUT2D eigenvalue weighted by Gasteiger charge is 2.40. The summed E-state index contributed by atoms with van der Waals surface area (Å²) in [6, 6.07) is 16.8. The van der Waals surface area contributed by atoms with Crippen molar-refractivity contribution in [3.63, 3.8) is 0 Å². The maximum Gasteiger partial charge on any atom is 0.251 e. The van der Waals surface area contributed by atoms with Crippen LogP contribution in [0.25, 0.3) is 0 Å². The van der Waals surface area contributed by atoms with Crippen LogP contribution in [-0.4, -0.2) is 41.8 Å². The average molecular weight is 348 g/mol. The van der Waals surface area contributed by atoms with E-state index in [0.29, 0.717) is 28.7 Å². The molecule has 3 aliphatic rings. The van der Waals surface area contributed by atoms with Crippen LogP contribution < -0.4 is 5.32 Å². The molecule has 0 aliphatic carbocycles. The van der Waals surface area contributed by atoms with Crippen molar-refractivity contribution in [1.82, 2.24) is 10.2 Å². The third-order valence-corrected chi connectivity index (χ3v) is 5.92. The average Bonchev–Trinajstić information content (AvgIpc) is 2.71. The van der Waals surface area contributed by atoms with Gasteiger partial charge in [-0.2, -0.15) is 0 Å². The quantitative estimate of drug-likeness (QED) is 0.864. The molecule has 3 fully saturated rings. The number of hydrogen-bond donors (Lipinski definition) is 1. The van der Waals surface area contributed by atoms with E-state index in [1.807, 2.05) is 18.2 Å². The van der Waals surface area contributed by atoms with Gasteiger partial charge in [-0.15, -0.1) is 0 Å². The second-order valence-corrected chi connectivity index (χ2v) is 7.39. The fraction of sp³-hybridized carbons (Fsp3) is 0.364. The summed E-state index contributed by atoms with van der Waals surface area (Å²) in [5.74, 6) is 0.510. The van der Waals surface area contributed by atoms with E-state index in [-0.39, 0.29) is 17.7 Å². The lowest BCUT2D eigenvalue weighted by Crippen LogP contribution is -2.62. The Labute approximate surface area is 154 Å². The number of nitrogens with zero attached hydrogens (tertiary/aromatic N) is 1. The molecule has 2 aromatic carbocycles. The van der Waals surface area contributed by atoms with Crippen molar-refractivity contribution in [2.75, 3.05) is 13.1 Å². The van der Waals surface area contributed by atoms with E-state index in [9.17, 15) is 9.59 Å². The van der Waals surface area contributed by atoms with Crippen molar-refractivity contribution in [3.8, 4) is 0 Å². The van der Waals surface area contributed by atoms with Gasteiger partial charge in [0.1, 0.15) is 0 Å². The van der Waals surface area contributed by atoms with Crippen LogP contribution in [-0.2, 0) is 0 Å². The Hall–Kier alpha value is -2.46. The molecule has 1 N–H and O–H groups in total. The molecule has 3 heterocycles. The minimum absolute atomic E-state index is 0.0245. The lowest BCUT2D eigenvalue weighted by molar-refractivity contribution is 0.0217. The number of carbonyl (C=O) groups excluding carboxylic acids is 2. The Morgan fingerprint density at radius 3 is 2.08 bits per heavy atom. The number of carbonyl (C=O) groups is 2. The van der Waals surface area contributed by atoms with Gasteiger partial charge in [0.2, 0.25) is 0 Å². The van der Waals surface area contributed by atoms with E-state index < -0.39 is 0 Å². The molecule has 134 valence electrons. The van der Waals surface area contributed by atoms with Gasteiger partial charge in [0.05, 0.1) is 0 Å². The molecule has 2 atom stereocenters. The number of nitrogens with one attached hydrogen (secondary N) is 1. The molecule has 3 aliphatic heterocycles. The Morgan fingerprint density at radius 1 is 0.885 bits per heavy atom. The molecule has 0 radical (unpaired) electrons. The monoisotopic (exact) mass is 348 g/mol. The number of amides is 1. The van der Waals surface area contributed by atoms with E-state index >= 15 is 0 Å². The molecular formula is C22H24N2O2. The molecule has 0 saturated carbocycles. The highest BCUT2D eigenvalue weighted by atomic mass is 16.1. The van der Waals surface area contributed by atoms with Crippen LogP contribution in [0.5, 0.6) is 0 Å². The van der Waals surface area contributed by atoms with Gasteiger partial charge in [0.15, 0.2) is 5.78 Å². The van der Waals surface area contributed by atoms with Gasteiger partial charge in [-0.25, -0.2) is 0 Å². The van der Waals surface area contributed by atoms with Crippen LogP contribution >= 0.6 is 0 Å². The lowest BCUT2D eigenvalue weighted by Gasteiger charge is -2.49. The number of rotatable bonds is 4. The van der Waals surface area contributed by atoms with Crippen LogP contribution in [0.1, 0.15) is 46.0 Å². The summed E-state index contributed by atoms with van der Waals surface area (Å²) in [5.41, 5.74) is 1.87. The van der Waals surface area contributed by atoms with Gasteiger partial charge in [-0.05, 0) is 50.9 Å². The third kappa shape index (κ3) is 3.17. The van der Waals surface area contributed by atoms with Crippen LogP contribution in [0.3, 0.4) is 0 Å². The van der Waals surface area contributed by atoms with Gasteiger partial charge >= 0.3 is 0 Å². The Balaban J connectivity index is 1.45. The number of ketones is 1. The van der Waals surface area contributed by atoms with Crippen LogP contribution in [0.2, 0.25) is 0 Å². The lowest BCUT2D eigenvalue weighted by atomic mass is 9.79. The second kappa shape index (κ2) is 7.04. The largest absolute Gasteiger partial charge is 0.347 e. The summed E-state index contributed by atoms with van der Waals surface area (Å²) in [7, 11) is 0. The summed E-state index contributed by atoms with van der Waals surface area (Å²) >= 11 is 0. The normalized spacial score (nSPS) is 27.1. The van der Waals surface area contributed by atoms with Crippen LogP contribution in [0.4, 0.5) is 0 Å². The van der Waals surface area contributed by atoms with Crippen LogP contribution in [0, 0.1) is 5.92 Å². The third-order valence-electron chi connectivity index (χ3n) is 5.92. The number of fused-ring (bicyclic) bond motifs is 3. The fourth-order valence-electron chi connectivity index (χ4n) is 4.31. The van der Waals surface area contributed by atoms with Gasteiger partial charge in [-0.3, -0.25) is 14.5 Å². The van der Waals surface area contributed by atoms with Crippen molar-refractivity contribution < 1.29 is 9.59 Å². The Bertz CT molecular complexity index is 791. The molecular weight excluding hydrogens is 324 g/mol. The van der Waals surface area contributed by atoms with Gasteiger partial charge in [0.25, 0.3) is 5.91 Å². The highest BCUT2D eigenvalue weighted by Crippen LogP contribution is 2.32. The van der Waals surface area contributed by atoms with Gasteiger partial charge < -0.3 is 5.32 Å². The fourth-order valence-corrected chi connectivity index (χ4v) is 4.31. The minimum atomic E-state index is -0.0469.